The molecule has 224 valence electrons. The molecule has 17 heteroatoms. The molecule has 0 saturated heterocycles. The lowest BCUT2D eigenvalue weighted by Gasteiger charge is -2.23. The number of rotatable bonds is 9. The third-order valence-electron chi connectivity index (χ3n) is 5.66. The molecule has 0 aliphatic rings. The number of halogens is 8. The van der Waals surface area contributed by atoms with Crippen molar-refractivity contribution in [1.29, 1.82) is 0 Å². The molecule has 41 heavy (non-hydrogen) atoms. The number of aliphatic hydroxyl groups excluding tert-OH is 1. The minimum absolute atomic E-state index is 0.0395. The molecule has 0 spiro atoms. The number of anilines is 1. The summed E-state index contributed by atoms with van der Waals surface area (Å²) in [5, 5.41) is 15.2. The van der Waals surface area contributed by atoms with Crippen molar-refractivity contribution in [3.63, 3.8) is 0 Å². The highest BCUT2D eigenvalue weighted by molar-refractivity contribution is 6.34. The first-order valence-electron chi connectivity index (χ1n) is 11.7. The molecule has 0 bridgehead atoms. The number of carbonyl (C=O) groups excluding carboxylic acids is 1. The Labute approximate surface area is 232 Å². The largest absolute Gasteiger partial charge is 0.480 e. The summed E-state index contributed by atoms with van der Waals surface area (Å²) in [6.45, 7) is 1.88. The third-order valence-corrected chi connectivity index (χ3v) is 5.98. The van der Waals surface area contributed by atoms with Crippen LogP contribution in [0, 0.1) is 5.82 Å². The number of carbonyl (C=O) groups is 1. The minimum atomic E-state index is -4.96. The van der Waals surface area contributed by atoms with E-state index in [9.17, 15) is 45.4 Å². The predicted molar refractivity (Wildman–Crippen MR) is 131 cm³/mol. The van der Waals surface area contributed by atoms with Gasteiger partial charge >= 0.3 is 18.0 Å². The van der Waals surface area contributed by atoms with E-state index in [0.717, 1.165) is 10.6 Å². The minimum Gasteiger partial charge on any atom is -0.480 e. The molecular weight excluding hydrogens is 593 g/mol. The van der Waals surface area contributed by atoms with Gasteiger partial charge in [-0.3, -0.25) is 9.36 Å². The van der Waals surface area contributed by atoms with Crippen LogP contribution in [-0.4, -0.2) is 49.9 Å². The number of alkyl halides is 6. The molecule has 1 aromatic heterocycles. The molecule has 0 saturated carbocycles. The molecule has 2 aromatic carbocycles. The van der Waals surface area contributed by atoms with Gasteiger partial charge in [0.25, 0.3) is 5.91 Å². The second kappa shape index (κ2) is 12.0. The first-order chi connectivity index (χ1) is 19.0. The van der Waals surface area contributed by atoms with E-state index in [1.54, 1.807) is 0 Å². The lowest BCUT2D eigenvalue weighted by atomic mass is 10.1. The number of ether oxygens (including phenoxy) is 2. The highest BCUT2D eigenvalue weighted by Gasteiger charge is 2.41. The van der Waals surface area contributed by atoms with Gasteiger partial charge in [-0.15, -0.1) is 5.10 Å². The molecule has 0 unspecified atom stereocenters. The standard InChI is InChI=1S/C24H22ClF7N4O5/c1-4-35-19(10-37)34-36(22(35)39)16-9-17(40-11(2)23(27,28)29)13(8-18(16)41-12(3)24(30,31)32)21(38)33-20-14(25)6-5-7-15(20)26/h5-9,11-12,37H,4,10H2,1-3H3,(H,33,38)/t11-,12-/m0/s1. The van der Waals surface area contributed by atoms with E-state index >= 15 is 0 Å². The van der Waals surface area contributed by atoms with Gasteiger partial charge in [0.1, 0.15) is 29.6 Å². The highest BCUT2D eigenvalue weighted by Crippen LogP contribution is 2.37. The summed E-state index contributed by atoms with van der Waals surface area (Å²) in [5.41, 5.74) is -3.03. The first-order valence-corrected chi connectivity index (χ1v) is 12.1. The highest BCUT2D eigenvalue weighted by atomic mass is 35.5. The van der Waals surface area contributed by atoms with Crippen molar-refractivity contribution >= 4 is 23.2 Å². The van der Waals surface area contributed by atoms with E-state index in [-0.39, 0.29) is 17.4 Å². The Morgan fingerprint density at radius 3 is 2.15 bits per heavy atom. The van der Waals surface area contributed by atoms with Crippen molar-refractivity contribution in [3.8, 4) is 17.2 Å². The van der Waals surface area contributed by atoms with E-state index in [2.05, 4.69) is 10.4 Å². The van der Waals surface area contributed by atoms with Crippen molar-refractivity contribution in [1.82, 2.24) is 14.3 Å². The maximum Gasteiger partial charge on any atom is 0.425 e. The zero-order valence-corrected chi connectivity index (χ0v) is 22.2. The van der Waals surface area contributed by atoms with Crippen LogP contribution in [-0.2, 0) is 13.2 Å². The number of hydrogen-bond donors (Lipinski definition) is 2. The fourth-order valence-electron chi connectivity index (χ4n) is 3.43. The molecule has 0 radical (unpaired) electrons. The number of benzene rings is 2. The van der Waals surface area contributed by atoms with E-state index < -0.39 is 77.0 Å². The normalized spacial score (nSPS) is 13.6. The van der Waals surface area contributed by atoms with Crippen LogP contribution < -0.4 is 20.5 Å². The Hall–Kier alpha value is -3.79. The van der Waals surface area contributed by atoms with Crippen LogP contribution in [0.15, 0.2) is 35.1 Å². The lowest BCUT2D eigenvalue weighted by Crippen LogP contribution is -2.33. The number of aliphatic hydroxyl groups is 1. The van der Waals surface area contributed by atoms with Gasteiger partial charge < -0.3 is 19.9 Å². The number of amides is 1. The quantitative estimate of drug-likeness (QED) is 0.319. The van der Waals surface area contributed by atoms with E-state index in [1.807, 2.05) is 0 Å². The van der Waals surface area contributed by atoms with Gasteiger partial charge in [0, 0.05) is 12.6 Å². The number of para-hydroxylation sites is 1. The van der Waals surface area contributed by atoms with Crippen LogP contribution in [0.25, 0.3) is 5.69 Å². The molecule has 2 N–H and O–H groups in total. The van der Waals surface area contributed by atoms with Gasteiger partial charge in [0.05, 0.1) is 16.3 Å². The van der Waals surface area contributed by atoms with Gasteiger partial charge in [0.2, 0.25) is 0 Å². The van der Waals surface area contributed by atoms with Gasteiger partial charge in [0.15, 0.2) is 18.0 Å². The number of nitrogens with zero attached hydrogens (tertiary/aromatic N) is 3. The molecular formula is C24H22ClF7N4O5. The predicted octanol–water partition coefficient (Wildman–Crippen LogP) is 5.25. The Morgan fingerprint density at radius 2 is 1.66 bits per heavy atom. The second-order valence-electron chi connectivity index (χ2n) is 8.48. The number of aromatic nitrogens is 3. The van der Waals surface area contributed by atoms with Gasteiger partial charge in [-0.05, 0) is 39.0 Å². The molecule has 1 amide bonds. The molecule has 0 fully saturated rings. The Kier molecular flexibility index (Phi) is 9.27. The van der Waals surface area contributed by atoms with Crippen molar-refractivity contribution in [2.45, 2.75) is 58.5 Å². The average molecular weight is 615 g/mol. The van der Waals surface area contributed by atoms with Crippen LogP contribution in [0.4, 0.5) is 36.4 Å². The van der Waals surface area contributed by atoms with E-state index in [1.165, 1.54) is 19.1 Å². The molecule has 3 rings (SSSR count). The Balaban J connectivity index is 2.31. The Morgan fingerprint density at radius 1 is 1.07 bits per heavy atom. The summed E-state index contributed by atoms with van der Waals surface area (Å²) in [6, 6.07) is 4.56. The maximum absolute atomic E-state index is 14.3. The third kappa shape index (κ3) is 6.93. The fraction of sp³-hybridized carbons (Fsp3) is 0.375. The smallest absolute Gasteiger partial charge is 0.425 e. The van der Waals surface area contributed by atoms with E-state index in [4.69, 9.17) is 21.1 Å². The van der Waals surface area contributed by atoms with Crippen LogP contribution in [0.3, 0.4) is 0 Å². The average Bonchev–Trinajstić information content (AvgIpc) is 3.20. The summed E-state index contributed by atoms with van der Waals surface area (Å²) in [5.74, 6) is -4.28. The van der Waals surface area contributed by atoms with Crippen molar-refractivity contribution in [3.05, 3.63) is 63.0 Å². The zero-order valence-electron chi connectivity index (χ0n) is 21.4. The molecule has 2 atom stereocenters. The first kappa shape index (κ1) is 31.7. The SMILES string of the molecule is CCn1c(CO)nn(-c2cc(O[C@@H](C)C(F)(F)F)c(C(=O)Nc3c(F)cccc3Cl)cc2O[C@@H](C)C(F)(F)F)c1=O. The summed E-state index contributed by atoms with van der Waals surface area (Å²) < 4.78 is 106. The summed E-state index contributed by atoms with van der Waals surface area (Å²) in [4.78, 5) is 26.1. The molecule has 0 aliphatic heterocycles. The number of hydrogen-bond acceptors (Lipinski definition) is 6. The maximum atomic E-state index is 14.3. The topological polar surface area (TPSA) is 108 Å². The Bertz CT molecular complexity index is 1470. The number of nitrogens with one attached hydrogen (secondary N) is 1. The van der Waals surface area contributed by atoms with Crippen LogP contribution >= 0.6 is 11.6 Å². The van der Waals surface area contributed by atoms with Crippen molar-refractivity contribution in [2.75, 3.05) is 5.32 Å². The summed E-state index contributed by atoms with van der Waals surface area (Å²) >= 11 is 5.91. The second-order valence-corrected chi connectivity index (χ2v) is 8.89. The molecule has 0 aliphatic carbocycles. The monoisotopic (exact) mass is 614 g/mol. The summed E-state index contributed by atoms with van der Waals surface area (Å²) in [7, 11) is 0. The lowest BCUT2D eigenvalue weighted by molar-refractivity contribution is -0.190. The molecule has 9 nitrogen and oxygen atoms in total. The van der Waals surface area contributed by atoms with Crippen LogP contribution in [0.5, 0.6) is 11.5 Å². The van der Waals surface area contributed by atoms with Crippen molar-refractivity contribution < 1.29 is 50.1 Å². The van der Waals surface area contributed by atoms with Crippen LogP contribution in [0.2, 0.25) is 5.02 Å². The van der Waals surface area contributed by atoms with Gasteiger partial charge in [-0.25, -0.2) is 9.18 Å². The molecule has 3 aromatic rings. The summed E-state index contributed by atoms with van der Waals surface area (Å²) in [6.07, 6.45) is -15.0. The van der Waals surface area contributed by atoms with E-state index in [0.29, 0.717) is 30.7 Å². The fourth-order valence-corrected chi connectivity index (χ4v) is 3.64. The van der Waals surface area contributed by atoms with Gasteiger partial charge in [-0.2, -0.15) is 31.0 Å². The molecule has 1 heterocycles. The van der Waals surface area contributed by atoms with Crippen molar-refractivity contribution in [2.24, 2.45) is 0 Å². The zero-order chi connectivity index (χ0) is 30.9. The van der Waals surface area contributed by atoms with Crippen LogP contribution in [0.1, 0.15) is 37.0 Å². The van der Waals surface area contributed by atoms with Gasteiger partial charge in [-0.1, -0.05) is 17.7 Å².